The van der Waals surface area contributed by atoms with Crippen molar-refractivity contribution < 1.29 is 14.2 Å². The molecule has 0 heterocycles. The number of nitrogens with one attached hydrogen (secondary N) is 1. The summed E-state index contributed by atoms with van der Waals surface area (Å²) in [5.74, 6) is 2.96. The van der Waals surface area contributed by atoms with E-state index in [1.54, 1.807) is 21.3 Å². The fraction of sp³-hybridized carbons (Fsp3) is 0.350. The van der Waals surface area contributed by atoms with Crippen molar-refractivity contribution in [2.24, 2.45) is 16.6 Å². The highest BCUT2D eigenvalue weighted by molar-refractivity contribution is 14.0. The van der Waals surface area contributed by atoms with Crippen molar-refractivity contribution in [3.8, 4) is 17.2 Å². The number of nitrogens with zero attached hydrogens (tertiary/aromatic N) is 1. The van der Waals surface area contributed by atoms with Crippen LogP contribution in [0.15, 0.2) is 47.5 Å². The van der Waals surface area contributed by atoms with Gasteiger partial charge in [0.25, 0.3) is 0 Å². The Labute approximate surface area is 178 Å². The highest BCUT2D eigenvalue weighted by Gasteiger charge is 2.07. The predicted molar refractivity (Wildman–Crippen MR) is 121 cm³/mol. The van der Waals surface area contributed by atoms with E-state index in [9.17, 15) is 0 Å². The molecule has 0 bridgehead atoms. The normalized spacial score (nSPS) is 11.9. The summed E-state index contributed by atoms with van der Waals surface area (Å²) in [4.78, 5) is 4.44. The fourth-order valence-corrected chi connectivity index (χ4v) is 2.57. The van der Waals surface area contributed by atoms with E-state index in [4.69, 9.17) is 19.9 Å². The maximum absolute atomic E-state index is 6.03. The van der Waals surface area contributed by atoms with Crippen LogP contribution in [0, 0.1) is 5.92 Å². The number of anilines is 1. The number of aliphatic imine (C=N–C) groups is 1. The third-order valence-electron chi connectivity index (χ3n) is 3.99. The Bertz CT molecular complexity index is 736. The summed E-state index contributed by atoms with van der Waals surface area (Å²) in [5, 5.41) is 3.08. The molecular formula is C20H28IN3O3. The molecule has 0 aromatic heterocycles. The molecule has 0 aliphatic rings. The van der Waals surface area contributed by atoms with Gasteiger partial charge in [-0.25, -0.2) is 0 Å². The standard InChI is InChI=1S/C20H27N3O3.HI/c1-14(11-15-5-7-16(24-2)8-6-15)13-22-20(21)23-18-12-17(25-3)9-10-19(18)26-4;/h5-10,12,14H,11,13H2,1-4H3,(H3,21,22,23);1H. The molecule has 0 saturated heterocycles. The van der Waals surface area contributed by atoms with Gasteiger partial charge in [-0.2, -0.15) is 0 Å². The lowest BCUT2D eigenvalue weighted by Gasteiger charge is -2.13. The van der Waals surface area contributed by atoms with Gasteiger partial charge >= 0.3 is 0 Å². The lowest BCUT2D eigenvalue weighted by atomic mass is 10.0. The lowest BCUT2D eigenvalue weighted by Crippen LogP contribution is -2.24. The number of ether oxygens (including phenoxy) is 3. The summed E-state index contributed by atoms with van der Waals surface area (Å²) < 4.78 is 15.7. The molecule has 6 nitrogen and oxygen atoms in total. The van der Waals surface area contributed by atoms with Crippen molar-refractivity contribution >= 4 is 35.6 Å². The minimum atomic E-state index is 0. The zero-order chi connectivity index (χ0) is 18.9. The van der Waals surface area contributed by atoms with Gasteiger partial charge in [0.15, 0.2) is 5.96 Å². The summed E-state index contributed by atoms with van der Waals surface area (Å²) in [6, 6.07) is 13.5. The highest BCUT2D eigenvalue weighted by atomic mass is 127. The molecule has 27 heavy (non-hydrogen) atoms. The summed E-state index contributed by atoms with van der Waals surface area (Å²) in [6.07, 6.45) is 0.920. The average Bonchev–Trinajstić information content (AvgIpc) is 2.67. The maximum atomic E-state index is 6.03. The van der Waals surface area contributed by atoms with Crippen LogP contribution in [0.2, 0.25) is 0 Å². The molecule has 7 heteroatoms. The first-order valence-corrected chi connectivity index (χ1v) is 8.47. The number of methoxy groups -OCH3 is 3. The quantitative estimate of drug-likeness (QED) is 0.337. The summed E-state index contributed by atoms with van der Waals surface area (Å²) in [5.41, 5.74) is 7.99. The van der Waals surface area contributed by atoms with Crippen molar-refractivity contribution in [1.82, 2.24) is 0 Å². The van der Waals surface area contributed by atoms with Gasteiger partial charge in [-0.1, -0.05) is 19.1 Å². The van der Waals surface area contributed by atoms with Gasteiger partial charge in [0.2, 0.25) is 0 Å². The Morgan fingerprint density at radius 1 is 1.00 bits per heavy atom. The van der Waals surface area contributed by atoms with Crippen molar-refractivity contribution in [2.75, 3.05) is 33.2 Å². The second kappa shape index (κ2) is 11.5. The van der Waals surface area contributed by atoms with Gasteiger partial charge in [0, 0.05) is 12.6 Å². The molecule has 1 unspecified atom stereocenters. The van der Waals surface area contributed by atoms with E-state index in [1.807, 2.05) is 30.3 Å². The summed E-state index contributed by atoms with van der Waals surface area (Å²) >= 11 is 0. The molecule has 0 amide bonds. The molecule has 148 valence electrons. The average molecular weight is 485 g/mol. The Balaban J connectivity index is 0.00000364. The van der Waals surface area contributed by atoms with Gasteiger partial charge in [-0.15, -0.1) is 24.0 Å². The van der Waals surface area contributed by atoms with Gasteiger partial charge < -0.3 is 25.3 Å². The molecule has 3 N–H and O–H groups in total. The number of guanidine groups is 1. The smallest absolute Gasteiger partial charge is 0.193 e. The first-order chi connectivity index (χ1) is 12.5. The number of benzene rings is 2. The first-order valence-electron chi connectivity index (χ1n) is 8.47. The van der Waals surface area contributed by atoms with Crippen molar-refractivity contribution in [3.63, 3.8) is 0 Å². The zero-order valence-corrected chi connectivity index (χ0v) is 18.5. The van der Waals surface area contributed by atoms with Gasteiger partial charge in [-0.05, 0) is 42.2 Å². The van der Waals surface area contributed by atoms with Gasteiger partial charge in [-0.3, -0.25) is 4.99 Å². The monoisotopic (exact) mass is 485 g/mol. The third kappa shape index (κ3) is 7.16. The molecule has 0 aliphatic carbocycles. The second-order valence-electron chi connectivity index (χ2n) is 6.07. The van der Waals surface area contributed by atoms with E-state index in [2.05, 4.69) is 29.4 Å². The third-order valence-corrected chi connectivity index (χ3v) is 3.99. The number of hydrogen-bond donors (Lipinski definition) is 2. The molecule has 0 saturated carbocycles. The number of rotatable bonds is 8. The zero-order valence-electron chi connectivity index (χ0n) is 16.2. The molecule has 0 spiro atoms. The molecular weight excluding hydrogens is 457 g/mol. The predicted octanol–water partition coefficient (Wildman–Crippen LogP) is 3.94. The highest BCUT2D eigenvalue weighted by Crippen LogP contribution is 2.28. The van der Waals surface area contributed by atoms with Crippen LogP contribution in [0.3, 0.4) is 0 Å². The van der Waals surface area contributed by atoms with Crippen LogP contribution in [-0.2, 0) is 6.42 Å². The second-order valence-corrected chi connectivity index (χ2v) is 6.07. The Morgan fingerprint density at radius 2 is 1.63 bits per heavy atom. The number of nitrogens with two attached hydrogens (primary N) is 1. The van der Waals surface area contributed by atoms with Crippen LogP contribution in [0.25, 0.3) is 0 Å². The Hall–Kier alpha value is -2.16. The van der Waals surface area contributed by atoms with E-state index in [0.717, 1.165) is 17.9 Å². The minimum absolute atomic E-state index is 0. The van der Waals surface area contributed by atoms with Crippen molar-refractivity contribution in [2.45, 2.75) is 13.3 Å². The van der Waals surface area contributed by atoms with E-state index in [-0.39, 0.29) is 24.0 Å². The topological polar surface area (TPSA) is 78.1 Å². The molecule has 0 fully saturated rings. The molecule has 2 aromatic carbocycles. The van der Waals surface area contributed by atoms with Crippen LogP contribution in [-0.4, -0.2) is 33.8 Å². The largest absolute Gasteiger partial charge is 0.497 e. The van der Waals surface area contributed by atoms with Crippen LogP contribution in [0.4, 0.5) is 5.69 Å². The number of hydrogen-bond acceptors (Lipinski definition) is 4. The minimum Gasteiger partial charge on any atom is -0.497 e. The van der Waals surface area contributed by atoms with E-state index >= 15 is 0 Å². The van der Waals surface area contributed by atoms with Crippen LogP contribution in [0.5, 0.6) is 17.2 Å². The Kier molecular flexibility index (Phi) is 9.77. The van der Waals surface area contributed by atoms with Gasteiger partial charge in [0.1, 0.15) is 17.2 Å². The van der Waals surface area contributed by atoms with Crippen LogP contribution >= 0.6 is 24.0 Å². The number of halogens is 1. The first kappa shape index (κ1) is 22.9. The maximum Gasteiger partial charge on any atom is 0.193 e. The van der Waals surface area contributed by atoms with E-state index in [0.29, 0.717) is 29.9 Å². The van der Waals surface area contributed by atoms with Crippen LogP contribution in [0.1, 0.15) is 12.5 Å². The summed E-state index contributed by atoms with van der Waals surface area (Å²) in [6.45, 7) is 2.77. The van der Waals surface area contributed by atoms with Crippen molar-refractivity contribution in [3.05, 3.63) is 48.0 Å². The molecule has 2 rings (SSSR count). The molecule has 1 atom stereocenters. The lowest BCUT2D eigenvalue weighted by molar-refractivity contribution is 0.405. The van der Waals surface area contributed by atoms with Gasteiger partial charge in [0.05, 0.1) is 27.0 Å². The Morgan fingerprint density at radius 3 is 2.22 bits per heavy atom. The summed E-state index contributed by atoms with van der Waals surface area (Å²) in [7, 11) is 4.89. The van der Waals surface area contributed by atoms with E-state index in [1.165, 1.54) is 5.56 Å². The van der Waals surface area contributed by atoms with Crippen molar-refractivity contribution in [1.29, 1.82) is 0 Å². The molecule has 2 aromatic rings. The molecule has 0 aliphatic heterocycles. The SMILES string of the molecule is COc1ccc(CC(C)CN=C(N)Nc2cc(OC)ccc2OC)cc1.I. The van der Waals surface area contributed by atoms with Crippen LogP contribution < -0.4 is 25.3 Å². The van der Waals surface area contributed by atoms with E-state index < -0.39 is 0 Å². The fourth-order valence-electron chi connectivity index (χ4n) is 2.57. The molecule has 0 radical (unpaired) electrons.